The Balaban J connectivity index is 1.46. The van der Waals surface area contributed by atoms with Gasteiger partial charge in [0.2, 0.25) is 0 Å². The van der Waals surface area contributed by atoms with Gasteiger partial charge >= 0.3 is 0 Å². The minimum Gasteiger partial charge on any atom is -0.507 e. The molecule has 1 N–H and O–H groups in total. The highest BCUT2D eigenvalue weighted by Crippen LogP contribution is 2.35. The first kappa shape index (κ1) is 18.9. The van der Waals surface area contributed by atoms with Gasteiger partial charge in [-0.15, -0.1) is 0 Å². The zero-order valence-electron chi connectivity index (χ0n) is 15.7. The van der Waals surface area contributed by atoms with Gasteiger partial charge in [-0.3, -0.25) is 9.59 Å². The SMILES string of the molecule is O=Cc1cc(C(=O)N2CCSC(c3ccc(N4CCCC4)cc3)C2)ccc1O. The van der Waals surface area contributed by atoms with E-state index in [1.165, 1.54) is 36.2 Å². The molecule has 0 bridgehead atoms. The van der Waals surface area contributed by atoms with Gasteiger partial charge in [0.25, 0.3) is 5.91 Å². The Hall–Kier alpha value is -2.47. The fraction of sp³-hybridized carbons (Fsp3) is 0.364. The molecule has 2 aromatic rings. The molecule has 2 heterocycles. The monoisotopic (exact) mass is 396 g/mol. The summed E-state index contributed by atoms with van der Waals surface area (Å²) in [6.07, 6.45) is 3.10. The highest BCUT2D eigenvalue weighted by molar-refractivity contribution is 7.99. The number of rotatable bonds is 4. The number of nitrogens with zero attached hydrogens (tertiary/aromatic N) is 2. The summed E-state index contributed by atoms with van der Waals surface area (Å²) in [4.78, 5) is 28.2. The molecule has 2 fully saturated rings. The van der Waals surface area contributed by atoms with Gasteiger partial charge in [-0.2, -0.15) is 11.8 Å². The number of aromatic hydroxyl groups is 1. The number of phenols is 1. The summed E-state index contributed by atoms with van der Waals surface area (Å²) in [6, 6.07) is 13.2. The minimum absolute atomic E-state index is 0.0953. The average molecular weight is 397 g/mol. The number of amides is 1. The molecule has 2 saturated heterocycles. The summed E-state index contributed by atoms with van der Waals surface area (Å²) in [5.74, 6) is 0.682. The Morgan fingerprint density at radius 3 is 2.54 bits per heavy atom. The molecular formula is C22H24N2O3S. The number of aldehydes is 1. The molecule has 2 aliphatic heterocycles. The van der Waals surface area contributed by atoms with Gasteiger partial charge in [-0.25, -0.2) is 0 Å². The molecule has 4 rings (SSSR count). The predicted octanol–water partition coefficient (Wildman–Crippen LogP) is 3.74. The van der Waals surface area contributed by atoms with Gasteiger partial charge in [0.1, 0.15) is 5.75 Å². The largest absolute Gasteiger partial charge is 0.507 e. The van der Waals surface area contributed by atoms with Crippen molar-refractivity contribution < 1.29 is 14.7 Å². The van der Waals surface area contributed by atoms with Crippen LogP contribution in [0.1, 0.15) is 44.4 Å². The molecule has 0 aromatic heterocycles. The Morgan fingerprint density at radius 1 is 1.07 bits per heavy atom. The summed E-state index contributed by atoms with van der Waals surface area (Å²) in [6.45, 7) is 3.59. The van der Waals surface area contributed by atoms with Gasteiger partial charge < -0.3 is 14.9 Å². The number of carbonyl (C=O) groups excluding carboxylic acids is 2. The normalized spacial score (nSPS) is 19.6. The highest BCUT2D eigenvalue weighted by Gasteiger charge is 2.26. The molecule has 0 spiro atoms. The van der Waals surface area contributed by atoms with Crippen molar-refractivity contribution in [2.45, 2.75) is 18.1 Å². The maximum Gasteiger partial charge on any atom is 0.253 e. The Morgan fingerprint density at radius 2 is 1.82 bits per heavy atom. The van der Waals surface area contributed by atoms with Gasteiger partial charge in [0.15, 0.2) is 6.29 Å². The van der Waals surface area contributed by atoms with Gasteiger partial charge in [-0.05, 0) is 48.7 Å². The third-order valence-corrected chi connectivity index (χ3v) is 6.73. The van der Waals surface area contributed by atoms with Crippen LogP contribution in [0, 0.1) is 0 Å². The fourth-order valence-corrected chi connectivity index (χ4v) is 5.12. The zero-order valence-corrected chi connectivity index (χ0v) is 16.5. The average Bonchev–Trinajstić information content (AvgIpc) is 3.29. The van der Waals surface area contributed by atoms with Crippen LogP contribution in [0.5, 0.6) is 5.75 Å². The predicted molar refractivity (Wildman–Crippen MR) is 112 cm³/mol. The van der Waals surface area contributed by atoms with Crippen molar-refractivity contribution in [3.8, 4) is 5.75 Å². The van der Waals surface area contributed by atoms with Crippen molar-refractivity contribution in [1.82, 2.24) is 4.90 Å². The fourth-order valence-electron chi connectivity index (χ4n) is 3.88. The van der Waals surface area contributed by atoms with Crippen LogP contribution < -0.4 is 4.90 Å². The molecule has 28 heavy (non-hydrogen) atoms. The number of anilines is 1. The minimum atomic E-state index is -0.100. The van der Waals surface area contributed by atoms with E-state index in [9.17, 15) is 14.7 Å². The van der Waals surface area contributed by atoms with E-state index < -0.39 is 0 Å². The molecule has 0 saturated carbocycles. The lowest BCUT2D eigenvalue weighted by atomic mass is 10.1. The summed E-state index contributed by atoms with van der Waals surface area (Å²) in [5.41, 5.74) is 3.10. The number of carbonyl (C=O) groups is 2. The molecule has 6 heteroatoms. The third kappa shape index (κ3) is 3.87. The first-order valence-electron chi connectivity index (χ1n) is 9.69. The molecule has 1 atom stereocenters. The molecule has 2 aliphatic rings. The quantitative estimate of drug-likeness (QED) is 0.798. The first-order chi connectivity index (χ1) is 13.7. The van der Waals surface area contributed by atoms with E-state index in [4.69, 9.17) is 0 Å². The van der Waals surface area contributed by atoms with Crippen molar-refractivity contribution in [3.05, 3.63) is 59.2 Å². The van der Waals surface area contributed by atoms with Crippen LogP contribution in [0.15, 0.2) is 42.5 Å². The van der Waals surface area contributed by atoms with Crippen molar-refractivity contribution in [2.75, 3.05) is 36.8 Å². The van der Waals surface area contributed by atoms with Crippen LogP contribution in [-0.4, -0.2) is 54.1 Å². The summed E-state index contributed by atoms with van der Waals surface area (Å²) in [7, 11) is 0. The maximum absolute atomic E-state index is 12.9. The lowest BCUT2D eigenvalue weighted by molar-refractivity contribution is 0.0761. The first-order valence-corrected chi connectivity index (χ1v) is 10.7. The zero-order chi connectivity index (χ0) is 19.5. The van der Waals surface area contributed by atoms with Crippen LogP contribution >= 0.6 is 11.8 Å². The van der Waals surface area contributed by atoms with E-state index in [-0.39, 0.29) is 22.5 Å². The van der Waals surface area contributed by atoms with E-state index in [0.717, 1.165) is 18.8 Å². The van der Waals surface area contributed by atoms with E-state index in [1.54, 1.807) is 6.07 Å². The Labute approximate surface area is 169 Å². The molecule has 146 valence electrons. The van der Waals surface area contributed by atoms with E-state index in [2.05, 4.69) is 29.2 Å². The topological polar surface area (TPSA) is 60.9 Å². The van der Waals surface area contributed by atoms with E-state index in [1.807, 2.05) is 16.7 Å². The van der Waals surface area contributed by atoms with Gasteiger partial charge in [0.05, 0.1) is 5.56 Å². The molecular weight excluding hydrogens is 372 g/mol. The van der Waals surface area contributed by atoms with E-state index >= 15 is 0 Å². The molecule has 0 radical (unpaired) electrons. The Bertz CT molecular complexity index is 863. The molecule has 0 aliphatic carbocycles. The van der Waals surface area contributed by atoms with Gasteiger partial charge in [0, 0.05) is 48.4 Å². The van der Waals surface area contributed by atoms with E-state index in [0.29, 0.717) is 24.9 Å². The maximum atomic E-state index is 12.9. The van der Waals surface area contributed by atoms with Crippen LogP contribution in [0.2, 0.25) is 0 Å². The number of hydrogen-bond donors (Lipinski definition) is 1. The van der Waals surface area contributed by atoms with Crippen LogP contribution in [0.25, 0.3) is 0 Å². The smallest absolute Gasteiger partial charge is 0.253 e. The van der Waals surface area contributed by atoms with Crippen LogP contribution in [0.4, 0.5) is 5.69 Å². The van der Waals surface area contributed by atoms with Crippen molar-refractivity contribution in [1.29, 1.82) is 0 Å². The Kier molecular flexibility index (Phi) is 5.57. The highest BCUT2D eigenvalue weighted by atomic mass is 32.2. The molecule has 1 amide bonds. The molecule has 1 unspecified atom stereocenters. The summed E-state index contributed by atoms with van der Waals surface area (Å²) >= 11 is 1.88. The van der Waals surface area contributed by atoms with Crippen molar-refractivity contribution in [2.24, 2.45) is 0 Å². The van der Waals surface area contributed by atoms with Crippen molar-refractivity contribution in [3.63, 3.8) is 0 Å². The number of benzene rings is 2. The lowest BCUT2D eigenvalue weighted by Crippen LogP contribution is -2.39. The van der Waals surface area contributed by atoms with Crippen LogP contribution in [-0.2, 0) is 0 Å². The molecule has 2 aromatic carbocycles. The second-order valence-corrected chi connectivity index (χ2v) is 8.60. The second kappa shape index (κ2) is 8.27. The number of phenolic OH excluding ortho intramolecular Hbond substituents is 1. The summed E-state index contributed by atoms with van der Waals surface area (Å²) < 4.78 is 0. The lowest BCUT2D eigenvalue weighted by Gasteiger charge is -2.33. The van der Waals surface area contributed by atoms with Crippen molar-refractivity contribution >= 4 is 29.6 Å². The molecule has 5 nitrogen and oxygen atoms in total. The number of hydrogen-bond acceptors (Lipinski definition) is 5. The van der Waals surface area contributed by atoms with Crippen LogP contribution in [0.3, 0.4) is 0 Å². The van der Waals surface area contributed by atoms with Gasteiger partial charge in [-0.1, -0.05) is 12.1 Å². The number of thioether (sulfide) groups is 1. The third-order valence-electron chi connectivity index (χ3n) is 5.49. The summed E-state index contributed by atoms with van der Waals surface area (Å²) in [5, 5.41) is 9.90. The standard InChI is InChI=1S/C22H24N2O3S/c25-15-18-13-17(5-8-20(18)26)22(27)24-11-12-28-21(14-24)16-3-6-19(7-4-16)23-9-1-2-10-23/h3-8,13,15,21,26H,1-2,9-12,14H2. The second-order valence-electron chi connectivity index (χ2n) is 7.29.